The molecule has 0 spiro atoms. The highest BCUT2D eigenvalue weighted by atomic mass is 16.5. The van der Waals surface area contributed by atoms with Crippen LogP contribution in [0.25, 0.3) is 0 Å². The number of hydrogen-bond donors (Lipinski definition) is 2. The van der Waals surface area contributed by atoms with Gasteiger partial charge in [-0.15, -0.1) is 0 Å². The average molecular weight is 503 g/mol. The Morgan fingerprint density at radius 3 is 1.17 bits per heavy atom. The van der Waals surface area contributed by atoms with E-state index in [9.17, 15) is 9.59 Å². The van der Waals surface area contributed by atoms with Gasteiger partial charge >= 0.3 is 0 Å². The maximum absolute atomic E-state index is 12.0. The van der Waals surface area contributed by atoms with Gasteiger partial charge in [-0.3, -0.25) is 9.59 Å². The number of methoxy groups -OCH3 is 6. The molecule has 12 nitrogen and oxygen atoms in total. The predicted octanol–water partition coefficient (Wildman–Crippen LogP) is 2.12. The Morgan fingerprint density at radius 1 is 0.611 bits per heavy atom. The zero-order valence-corrected chi connectivity index (χ0v) is 21.0. The summed E-state index contributed by atoms with van der Waals surface area (Å²) in [7, 11) is 9.01. The van der Waals surface area contributed by atoms with Crippen molar-refractivity contribution in [3.8, 4) is 34.5 Å². The van der Waals surface area contributed by atoms with E-state index in [-0.39, 0.29) is 12.8 Å². The zero-order valence-electron chi connectivity index (χ0n) is 21.0. The minimum Gasteiger partial charge on any atom is -0.493 e. The Hall–Kier alpha value is -4.48. The summed E-state index contributed by atoms with van der Waals surface area (Å²) in [4.78, 5) is 24.1. The largest absolute Gasteiger partial charge is 0.493 e. The van der Waals surface area contributed by atoms with Crippen LogP contribution >= 0.6 is 0 Å². The summed E-state index contributed by atoms with van der Waals surface area (Å²) in [5, 5.41) is 7.81. The van der Waals surface area contributed by atoms with Crippen molar-refractivity contribution in [1.29, 1.82) is 0 Å². The Bertz CT molecular complexity index is 980. The highest BCUT2D eigenvalue weighted by molar-refractivity contribution is 5.87. The molecular weight excluding hydrogens is 472 g/mol. The first-order chi connectivity index (χ1) is 17.4. The third-order valence-electron chi connectivity index (χ3n) is 4.76. The summed E-state index contributed by atoms with van der Waals surface area (Å²) >= 11 is 0. The van der Waals surface area contributed by atoms with Crippen molar-refractivity contribution in [3.05, 3.63) is 35.4 Å². The molecule has 0 aromatic heterocycles. The van der Waals surface area contributed by atoms with Crippen LogP contribution in [0.4, 0.5) is 0 Å². The number of nitrogens with zero attached hydrogens (tertiary/aromatic N) is 2. The smallest absolute Gasteiger partial charge is 0.240 e. The molecule has 2 amide bonds. The summed E-state index contributed by atoms with van der Waals surface area (Å²) in [6, 6.07) is 6.71. The number of carbonyl (C=O) groups excluding carboxylic acids is 2. The maximum atomic E-state index is 12.0. The molecule has 12 heteroatoms. The fourth-order valence-corrected chi connectivity index (χ4v) is 3.05. The number of hydrogen-bond acceptors (Lipinski definition) is 10. The molecule has 0 saturated heterocycles. The van der Waals surface area contributed by atoms with Crippen LogP contribution in [0.15, 0.2) is 34.5 Å². The Labute approximate surface area is 209 Å². The monoisotopic (exact) mass is 502 g/mol. The molecule has 194 valence electrons. The van der Waals surface area contributed by atoms with Crippen molar-refractivity contribution in [1.82, 2.24) is 10.9 Å². The first kappa shape index (κ1) is 27.8. The van der Waals surface area contributed by atoms with E-state index in [0.29, 0.717) is 45.6 Å². The lowest BCUT2D eigenvalue weighted by atomic mass is 10.2. The molecule has 0 radical (unpaired) electrons. The third kappa shape index (κ3) is 7.52. The number of amides is 2. The van der Waals surface area contributed by atoms with Gasteiger partial charge in [-0.25, -0.2) is 10.9 Å². The van der Waals surface area contributed by atoms with Crippen LogP contribution in [0.2, 0.25) is 0 Å². The Balaban J connectivity index is 1.87. The molecule has 2 aromatic carbocycles. The quantitative estimate of drug-likeness (QED) is 0.314. The molecular formula is C24H30N4O8. The van der Waals surface area contributed by atoms with Gasteiger partial charge < -0.3 is 28.4 Å². The van der Waals surface area contributed by atoms with Gasteiger partial charge in [0.25, 0.3) is 0 Å². The predicted molar refractivity (Wildman–Crippen MR) is 133 cm³/mol. The topological polar surface area (TPSA) is 138 Å². The molecule has 2 rings (SSSR count). The van der Waals surface area contributed by atoms with E-state index in [1.54, 1.807) is 24.3 Å². The molecule has 2 N–H and O–H groups in total. The van der Waals surface area contributed by atoms with E-state index in [0.717, 1.165) is 0 Å². The van der Waals surface area contributed by atoms with Crippen LogP contribution in [0.5, 0.6) is 34.5 Å². The van der Waals surface area contributed by atoms with E-state index in [1.165, 1.54) is 55.1 Å². The van der Waals surface area contributed by atoms with Gasteiger partial charge in [-0.1, -0.05) is 0 Å². The van der Waals surface area contributed by atoms with Crippen LogP contribution in [0.3, 0.4) is 0 Å². The summed E-state index contributed by atoms with van der Waals surface area (Å²) in [5.41, 5.74) is 5.96. The number of benzene rings is 2. The second-order valence-corrected chi connectivity index (χ2v) is 7.00. The zero-order chi connectivity index (χ0) is 26.5. The van der Waals surface area contributed by atoms with Crippen molar-refractivity contribution in [2.75, 3.05) is 42.7 Å². The summed E-state index contributed by atoms with van der Waals surface area (Å²) in [6.45, 7) is 0. The van der Waals surface area contributed by atoms with E-state index in [2.05, 4.69) is 21.1 Å². The summed E-state index contributed by atoms with van der Waals surface area (Å²) < 4.78 is 31.6. The molecule has 2 aromatic rings. The molecule has 0 atom stereocenters. The number of ether oxygens (including phenoxy) is 6. The SMILES string of the molecule is COc1cc(/C=N\NC(=O)CCC(=O)N/N=C/c2cc(OC)c(OC)c(OC)c2)cc(OC)c1OC. The van der Waals surface area contributed by atoms with E-state index in [4.69, 9.17) is 28.4 Å². The van der Waals surface area contributed by atoms with Crippen molar-refractivity contribution in [2.24, 2.45) is 10.2 Å². The van der Waals surface area contributed by atoms with E-state index >= 15 is 0 Å². The number of hydrazone groups is 2. The minimum absolute atomic E-state index is 0.0852. The second-order valence-electron chi connectivity index (χ2n) is 7.00. The minimum atomic E-state index is -0.442. The molecule has 36 heavy (non-hydrogen) atoms. The molecule has 0 aliphatic heterocycles. The summed E-state index contributed by atoms with van der Waals surface area (Å²) in [6.07, 6.45) is 2.67. The highest BCUT2D eigenvalue weighted by Gasteiger charge is 2.13. The lowest BCUT2D eigenvalue weighted by Gasteiger charge is -2.12. The molecule has 0 unspecified atom stereocenters. The van der Waals surface area contributed by atoms with Gasteiger partial charge in [-0.2, -0.15) is 10.2 Å². The second kappa shape index (κ2) is 14.0. The maximum Gasteiger partial charge on any atom is 0.240 e. The molecule has 0 bridgehead atoms. The van der Waals surface area contributed by atoms with Gasteiger partial charge in [0.15, 0.2) is 23.0 Å². The fourth-order valence-electron chi connectivity index (χ4n) is 3.05. The van der Waals surface area contributed by atoms with Crippen molar-refractivity contribution in [2.45, 2.75) is 12.8 Å². The standard InChI is InChI=1S/C24H30N4O8/c1-31-17-9-15(10-18(32-2)23(17)35-5)13-25-27-21(29)7-8-22(30)28-26-14-16-11-19(33-3)24(36-6)20(12-16)34-4/h9-14H,7-8H2,1-6H3,(H,27,29)(H,28,30)/b25-13-,26-14+. The first-order valence-electron chi connectivity index (χ1n) is 10.6. The van der Waals surface area contributed by atoms with Crippen LogP contribution in [-0.4, -0.2) is 66.9 Å². The van der Waals surface area contributed by atoms with Crippen molar-refractivity contribution < 1.29 is 38.0 Å². The number of nitrogens with one attached hydrogen (secondary N) is 2. The van der Waals surface area contributed by atoms with E-state index < -0.39 is 11.8 Å². The fraction of sp³-hybridized carbons (Fsp3) is 0.333. The van der Waals surface area contributed by atoms with Crippen LogP contribution in [-0.2, 0) is 9.59 Å². The average Bonchev–Trinajstić information content (AvgIpc) is 2.90. The molecule has 0 saturated carbocycles. The first-order valence-corrected chi connectivity index (χ1v) is 10.6. The van der Waals surface area contributed by atoms with Gasteiger partial charge in [0, 0.05) is 24.0 Å². The molecule has 0 aliphatic carbocycles. The molecule has 0 aliphatic rings. The lowest BCUT2D eigenvalue weighted by Crippen LogP contribution is -2.22. The Morgan fingerprint density at radius 2 is 0.917 bits per heavy atom. The van der Waals surface area contributed by atoms with Crippen LogP contribution in [0.1, 0.15) is 24.0 Å². The van der Waals surface area contributed by atoms with E-state index in [1.807, 2.05) is 0 Å². The van der Waals surface area contributed by atoms with Gasteiger partial charge in [0.2, 0.25) is 23.3 Å². The molecule has 0 heterocycles. The van der Waals surface area contributed by atoms with Crippen molar-refractivity contribution >= 4 is 24.2 Å². The van der Waals surface area contributed by atoms with Gasteiger partial charge in [0.05, 0.1) is 55.1 Å². The van der Waals surface area contributed by atoms with Gasteiger partial charge in [-0.05, 0) is 24.3 Å². The Kier molecular flexibility index (Phi) is 10.8. The number of rotatable bonds is 13. The van der Waals surface area contributed by atoms with Crippen LogP contribution in [0, 0.1) is 0 Å². The lowest BCUT2D eigenvalue weighted by molar-refractivity contribution is -0.126. The normalized spacial score (nSPS) is 10.7. The highest BCUT2D eigenvalue weighted by Crippen LogP contribution is 2.38. The van der Waals surface area contributed by atoms with Gasteiger partial charge in [0.1, 0.15) is 0 Å². The third-order valence-corrected chi connectivity index (χ3v) is 4.76. The van der Waals surface area contributed by atoms with Crippen molar-refractivity contribution in [3.63, 3.8) is 0 Å². The summed E-state index contributed by atoms with van der Waals surface area (Å²) in [5.74, 6) is 1.81. The number of carbonyl (C=O) groups is 2. The van der Waals surface area contributed by atoms with Crippen LogP contribution < -0.4 is 39.3 Å². The molecule has 0 fully saturated rings.